The summed E-state index contributed by atoms with van der Waals surface area (Å²) >= 11 is 5.90. The molecule has 2 aromatic rings. The first-order valence-electron chi connectivity index (χ1n) is 11.4. The van der Waals surface area contributed by atoms with Crippen LogP contribution >= 0.6 is 11.6 Å². The van der Waals surface area contributed by atoms with Gasteiger partial charge in [0.1, 0.15) is 11.8 Å². The average Bonchev–Trinajstić information content (AvgIpc) is 2.77. The molecule has 0 spiro atoms. The predicted molar refractivity (Wildman–Crippen MR) is 130 cm³/mol. The van der Waals surface area contributed by atoms with Crippen LogP contribution in [0, 0.1) is 6.92 Å². The second kappa shape index (κ2) is 13.1. The first-order valence-corrected chi connectivity index (χ1v) is 11.8. The smallest absolute Gasteiger partial charge is 0.243 e. The number of carbonyl (C=O) groups excluding carboxylic acids is 2. The Hall–Kier alpha value is -2.53. The molecule has 5 nitrogen and oxygen atoms in total. The lowest BCUT2D eigenvalue weighted by molar-refractivity contribution is -0.141. The van der Waals surface area contributed by atoms with Crippen molar-refractivity contribution in [3.63, 3.8) is 0 Å². The van der Waals surface area contributed by atoms with Crippen LogP contribution in [0.2, 0.25) is 5.02 Å². The molecule has 0 bridgehead atoms. The van der Waals surface area contributed by atoms with Gasteiger partial charge in [0, 0.05) is 24.0 Å². The van der Waals surface area contributed by atoms with Crippen molar-refractivity contribution in [2.45, 2.75) is 72.0 Å². The highest BCUT2D eigenvalue weighted by atomic mass is 35.5. The van der Waals surface area contributed by atoms with E-state index in [-0.39, 0.29) is 17.9 Å². The van der Waals surface area contributed by atoms with Crippen LogP contribution in [-0.4, -0.2) is 35.4 Å². The number of benzene rings is 2. The number of amides is 2. The fourth-order valence-corrected chi connectivity index (χ4v) is 3.58. The van der Waals surface area contributed by atoms with Crippen LogP contribution in [-0.2, 0) is 16.1 Å². The molecule has 0 radical (unpaired) electrons. The Morgan fingerprint density at radius 3 is 2.44 bits per heavy atom. The third kappa shape index (κ3) is 8.19. The molecule has 0 aliphatic carbocycles. The summed E-state index contributed by atoms with van der Waals surface area (Å²) < 4.78 is 5.72. The van der Waals surface area contributed by atoms with Gasteiger partial charge in [-0.15, -0.1) is 0 Å². The minimum Gasteiger partial charge on any atom is -0.494 e. The van der Waals surface area contributed by atoms with Crippen molar-refractivity contribution >= 4 is 23.4 Å². The zero-order chi connectivity index (χ0) is 23.5. The molecule has 0 heterocycles. The van der Waals surface area contributed by atoms with Crippen molar-refractivity contribution in [1.29, 1.82) is 0 Å². The fraction of sp³-hybridized carbons (Fsp3) is 0.462. The molecule has 2 rings (SSSR count). The number of hydrogen-bond acceptors (Lipinski definition) is 3. The number of halogens is 1. The summed E-state index contributed by atoms with van der Waals surface area (Å²) in [7, 11) is 0. The molecule has 0 aliphatic heterocycles. The van der Waals surface area contributed by atoms with E-state index >= 15 is 0 Å². The molecule has 1 N–H and O–H groups in total. The predicted octanol–water partition coefficient (Wildman–Crippen LogP) is 5.53. The summed E-state index contributed by atoms with van der Waals surface area (Å²) in [6.07, 6.45) is 2.28. The first-order chi connectivity index (χ1) is 15.3. The number of rotatable bonds is 12. The van der Waals surface area contributed by atoms with Gasteiger partial charge in [-0.1, -0.05) is 55.3 Å². The molecule has 32 heavy (non-hydrogen) atoms. The standard InChI is InChI=1S/C26H35ClN2O3/c1-5-20(4)28-26(31)24(6-2)29(18-21-10-7-9-19(3)17-21)25(30)11-8-16-32-23-14-12-22(27)13-15-23/h7,9-10,12-15,17,20,24H,5-6,8,11,16,18H2,1-4H3,(H,28,31)/t20-,24+/m0/s1. The van der Waals surface area contributed by atoms with Crippen LogP contribution in [0.4, 0.5) is 0 Å². The summed E-state index contributed by atoms with van der Waals surface area (Å²) in [5.74, 6) is 0.579. The summed E-state index contributed by atoms with van der Waals surface area (Å²) in [5, 5.41) is 3.69. The number of carbonyl (C=O) groups is 2. The second-order valence-corrected chi connectivity index (χ2v) is 8.59. The zero-order valence-corrected chi connectivity index (χ0v) is 20.3. The summed E-state index contributed by atoms with van der Waals surface area (Å²) in [6.45, 7) is 8.80. The molecule has 0 unspecified atom stereocenters. The van der Waals surface area contributed by atoms with Gasteiger partial charge < -0.3 is 15.0 Å². The molecule has 2 atom stereocenters. The van der Waals surface area contributed by atoms with Crippen LogP contribution in [0.15, 0.2) is 48.5 Å². The quantitative estimate of drug-likeness (QED) is 0.425. The summed E-state index contributed by atoms with van der Waals surface area (Å²) in [5.41, 5.74) is 2.15. The number of aryl methyl sites for hydroxylation is 1. The maximum Gasteiger partial charge on any atom is 0.243 e. The lowest BCUT2D eigenvalue weighted by atomic mass is 10.1. The zero-order valence-electron chi connectivity index (χ0n) is 19.6. The van der Waals surface area contributed by atoms with Crippen molar-refractivity contribution < 1.29 is 14.3 Å². The molecule has 0 aromatic heterocycles. The van der Waals surface area contributed by atoms with Gasteiger partial charge in [0.15, 0.2) is 0 Å². The van der Waals surface area contributed by atoms with Gasteiger partial charge in [0.2, 0.25) is 11.8 Å². The summed E-state index contributed by atoms with van der Waals surface area (Å²) in [4.78, 5) is 27.9. The van der Waals surface area contributed by atoms with Crippen molar-refractivity contribution in [3.05, 3.63) is 64.7 Å². The molecule has 0 fully saturated rings. The third-order valence-corrected chi connectivity index (χ3v) is 5.69. The molecule has 0 aliphatic rings. The lowest BCUT2D eigenvalue weighted by Crippen LogP contribution is -2.50. The topological polar surface area (TPSA) is 58.6 Å². The van der Waals surface area contributed by atoms with Gasteiger partial charge >= 0.3 is 0 Å². The van der Waals surface area contributed by atoms with Gasteiger partial charge in [0.05, 0.1) is 6.61 Å². The minimum atomic E-state index is -0.505. The highest BCUT2D eigenvalue weighted by Crippen LogP contribution is 2.18. The van der Waals surface area contributed by atoms with E-state index in [1.807, 2.05) is 45.9 Å². The SMILES string of the molecule is CC[C@H](C(=O)N[C@@H](C)CC)N(Cc1cccc(C)c1)C(=O)CCCOc1ccc(Cl)cc1. The molecule has 2 amide bonds. The molecule has 174 valence electrons. The van der Waals surface area contributed by atoms with Crippen molar-refractivity contribution in [1.82, 2.24) is 10.2 Å². The molecular weight excluding hydrogens is 424 g/mol. The van der Waals surface area contributed by atoms with Gasteiger partial charge in [-0.25, -0.2) is 0 Å². The third-order valence-electron chi connectivity index (χ3n) is 5.44. The molecule has 6 heteroatoms. The Kier molecular flexibility index (Phi) is 10.5. The number of nitrogens with zero attached hydrogens (tertiary/aromatic N) is 1. The van der Waals surface area contributed by atoms with Crippen LogP contribution in [0.3, 0.4) is 0 Å². The van der Waals surface area contributed by atoms with Crippen LogP contribution in [0.25, 0.3) is 0 Å². The maximum absolute atomic E-state index is 13.2. The largest absolute Gasteiger partial charge is 0.494 e. The van der Waals surface area contributed by atoms with E-state index in [0.29, 0.717) is 37.4 Å². The molecular formula is C26H35ClN2O3. The van der Waals surface area contributed by atoms with Crippen molar-refractivity contribution in [2.75, 3.05) is 6.61 Å². The number of ether oxygens (including phenoxy) is 1. The van der Waals surface area contributed by atoms with Gasteiger partial charge in [-0.05, 0) is 62.9 Å². The van der Waals surface area contributed by atoms with Crippen LogP contribution in [0.1, 0.15) is 57.6 Å². The highest BCUT2D eigenvalue weighted by Gasteiger charge is 2.28. The molecule has 0 saturated carbocycles. The van der Waals surface area contributed by atoms with E-state index in [2.05, 4.69) is 11.4 Å². The first kappa shape index (κ1) is 25.7. The molecule has 0 saturated heterocycles. The summed E-state index contributed by atoms with van der Waals surface area (Å²) in [6, 6.07) is 14.8. The Morgan fingerprint density at radius 2 is 1.81 bits per heavy atom. The van der Waals surface area contributed by atoms with Gasteiger partial charge in [0.25, 0.3) is 0 Å². The lowest BCUT2D eigenvalue weighted by Gasteiger charge is -2.31. The Balaban J connectivity index is 2.06. The van der Waals surface area contributed by atoms with Crippen molar-refractivity contribution in [2.24, 2.45) is 0 Å². The normalized spacial score (nSPS) is 12.7. The monoisotopic (exact) mass is 458 g/mol. The Labute approximate surface area is 197 Å². The van der Waals surface area contributed by atoms with Gasteiger partial charge in [-0.3, -0.25) is 9.59 Å². The van der Waals surface area contributed by atoms with Crippen LogP contribution < -0.4 is 10.1 Å². The maximum atomic E-state index is 13.2. The second-order valence-electron chi connectivity index (χ2n) is 8.16. The van der Waals surface area contributed by atoms with E-state index in [9.17, 15) is 9.59 Å². The molecule has 2 aromatic carbocycles. The number of nitrogens with one attached hydrogen (secondary N) is 1. The van der Waals surface area contributed by atoms with Gasteiger partial charge in [-0.2, -0.15) is 0 Å². The minimum absolute atomic E-state index is 0.0441. The fourth-order valence-electron chi connectivity index (χ4n) is 3.46. The van der Waals surface area contributed by atoms with E-state index in [1.54, 1.807) is 29.2 Å². The Morgan fingerprint density at radius 1 is 1.09 bits per heavy atom. The highest BCUT2D eigenvalue weighted by molar-refractivity contribution is 6.30. The van der Waals surface area contributed by atoms with E-state index < -0.39 is 6.04 Å². The van der Waals surface area contributed by atoms with E-state index in [0.717, 1.165) is 23.3 Å². The Bertz CT molecular complexity index is 870. The van der Waals surface area contributed by atoms with Crippen molar-refractivity contribution in [3.8, 4) is 5.75 Å². The average molecular weight is 459 g/mol. The van der Waals surface area contributed by atoms with Crippen LogP contribution in [0.5, 0.6) is 5.75 Å². The van der Waals surface area contributed by atoms with E-state index in [4.69, 9.17) is 16.3 Å². The number of hydrogen-bond donors (Lipinski definition) is 1. The van der Waals surface area contributed by atoms with E-state index in [1.165, 1.54) is 0 Å².